The molecule has 6 heteroatoms. The SMILES string of the molecule is O=C(Nc1ccccc1F)[C@@H]1CCCN(C(=O)c2ccoc2)C1. The second kappa shape index (κ2) is 6.64. The summed E-state index contributed by atoms with van der Waals surface area (Å²) < 4.78 is 18.5. The van der Waals surface area contributed by atoms with Gasteiger partial charge in [-0.05, 0) is 31.0 Å². The summed E-state index contributed by atoms with van der Waals surface area (Å²) in [5.74, 6) is -1.23. The Bertz CT molecular complexity index is 700. The maximum Gasteiger partial charge on any atom is 0.257 e. The minimum atomic E-state index is -0.469. The first kappa shape index (κ1) is 15.3. The monoisotopic (exact) mass is 316 g/mol. The Morgan fingerprint density at radius 3 is 2.83 bits per heavy atom. The van der Waals surface area contributed by atoms with Crippen LogP contribution in [0.25, 0.3) is 0 Å². The van der Waals surface area contributed by atoms with Gasteiger partial charge in [0.15, 0.2) is 0 Å². The summed E-state index contributed by atoms with van der Waals surface area (Å²) in [5.41, 5.74) is 0.635. The topological polar surface area (TPSA) is 62.6 Å². The van der Waals surface area contributed by atoms with Crippen LogP contribution in [0.15, 0.2) is 47.3 Å². The van der Waals surface area contributed by atoms with Crippen molar-refractivity contribution in [1.82, 2.24) is 4.90 Å². The van der Waals surface area contributed by atoms with Crippen molar-refractivity contribution in [2.24, 2.45) is 5.92 Å². The highest BCUT2D eigenvalue weighted by Crippen LogP contribution is 2.21. The number of hydrogen-bond acceptors (Lipinski definition) is 3. The first-order chi connectivity index (χ1) is 11.1. The molecule has 2 aromatic rings. The van der Waals surface area contributed by atoms with Crippen molar-refractivity contribution in [2.75, 3.05) is 18.4 Å². The standard InChI is InChI=1S/C17H17FN2O3/c18-14-5-1-2-6-15(14)19-16(21)12-4-3-8-20(10-12)17(22)13-7-9-23-11-13/h1-2,5-7,9,11-12H,3-4,8,10H2,(H,19,21)/t12-/m1/s1. The second-order valence-corrected chi connectivity index (χ2v) is 5.57. The molecule has 0 radical (unpaired) electrons. The van der Waals surface area contributed by atoms with Crippen LogP contribution in [-0.4, -0.2) is 29.8 Å². The number of benzene rings is 1. The fourth-order valence-electron chi connectivity index (χ4n) is 2.74. The van der Waals surface area contributed by atoms with Crippen LogP contribution in [0.3, 0.4) is 0 Å². The fraction of sp³-hybridized carbons (Fsp3) is 0.294. The zero-order valence-electron chi connectivity index (χ0n) is 12.5. The van der Waals surface area contributed by atoms with E-state index in [1.165, 1.54) is 24.7 Å². The predicted molar refractivity (Wildman–Crippen MR) is 82.4 cm³/mol. The highest BCUT2D eigenvalue weighted by molar-refractivity contribution is 5.96. The molecule has 1 aliphatic rings. The van der Waals surface area contributed by atoms with Gasteiger partial charge in [0.05, 0.1) is 23.4 Å². The minimum Gasteiger partial charge on any atom is -0.472 e. The fourth-order valence-corrected chi connectivity index (χ4v) is 2.74. The number of likely N-dealkylation sites (tertiary alicyclic amines) is 1. The minimum absolute atomic E-state index is 0.151. The highest BCUT2D eigenvalue weighted by Gasteiger charge is 2.29. The molecule has 0 unspecified atom stereocenters. The summed E-state index contributed by atoms with van der Waals surface area (Å²) in [6.07, 6.45) is 4.25. The molecule has 0 aliphatic carbocycles. The Hall–Kier alpha value is -2.63. The lowest BCUT2D eigenvalue weighted by Gasteiger charge is -2.31. The Morgan fingerprint density at radius 2 is 2.09 bits per heavy atom. The van der Waals surface area contributed by atoms with Gasteiger partial charge >= 0.3 is 0 Å². The molecule has 1 N–H and O–H groups in total. The highest BCUT2D eigenvalue weighted by atomic mass is 19.1. The number of piperidine rings is 1. The average Bonchev–Trinajstić information content (AvgIpc) is 3.11. The number of anilines is 1. The Balaban J connectivity index is 1.65. The van der Waals surface area contributed by atoms with E-state index in [1.54, 1.807) is 23.1 Å². The van der Waals surface area contributed by atoms with E-state index in [0.29, 0.717) is 25.1 Å². The van der Waals surface area contributed by atoms with Crippen molar-refractivity contribution in [3.63, 3.8) is 0 Å². The predicted octanol–water partition coefficient (Wildman–Crippen LogP) is 2.91. The quantitative estimate of drug-likeness (QED) is 0.947. The Kier molecular flexibility index (Phi) is 4.41. The molecule has 1 aliphatic heterocycles. The van der Waals surface area contributed by atoms with Crippen LogP contribution in [0.1, 0.15) is 23.2 Å². The lowest BCUT2D eigenvalue weighted by molar-refractivity contribution is -0.121. The molecule has 0 saturated carbocycles. The number of carbonyl (C=O) groups is 2. The number of rotatable bonds is 3. The molecular weight excluding hydrogens is 299 g/mol. The van der Waals surface area contributed by atoms with Gasteiger partial charge in [0.1, 0.15) is 12.1 Å². The third kappa shape index (κ3) is 3.41. The molecule has 1 aromatic carbocycles. The molecule has 5 nitrogen and oxygen atoms in total. The number of hydrogen-bond donors (Lipinski definition) is 1. The van der Waals surface area contributed by atoms with E-state index in [1.807, 2.05) is 0 Å². The third-order valence-corrected chi connectivity index (χ3v) is 3.98. The van der Waals surface area contributed by atoms with Crippen molar-refractivity contribution in [3.8, 4) is 0 Å². The molecule has 1 fully saturated rings. The maximum atomic E-state index is 13.6. The van der Waals surface area contributed by atoms with Gasteiger partial charge in [-0.3, -0.25) is 9.59 Å². The lowest BCUT2D eigenvalue weighted by Crippen LogP contribution is -2.43. The molecule has 2 heterocycles. The van der Waals surface area contributed by atoms with Gasteiger partial charge in [0, 0.05) is 13.1 Å². The van der Waals surface area contributed by atoms with Crippen molar-refractivity contribution >= 4 is 17.5 Å². The molecule has 1 saturated heterocycles. The molecule has 120 valence electrons. The summed E-state index contributed by atoms with van der Waals surface area (Å²) in [5, 5.41) is 2.60. The van der Waals surface area contributed by atoms with E-state index in [2.05, 4.69) is 5.32 Å². The number of para-hydroxylation sites is 1. The van der Waals surface area contributed by atoms with Gasteiger partial charge in [-0.1, -0.05) is 12.1 Å². The van der Waals surface area contributed by atoms with E-state index in [-0.39, 0.29) is 23.4 Å². The van der Waals surface area contributed by atoms with Crippen LogP contribution >= 0.6 is 0 Å². The molecule has 23 heavy (non-hydrogen) atoms. The van der Waals surface area contributed by atoms with Crippen LogP contribution < -0.4 is 5.32 Å². The van der Waals surface area contributed by atoms with E-state index >= 15 is 0 Å². The van der Waals surface area contributed by atoms with E-state index in [0.717, 1.165) is 6.42 Å². The van der Waals surface area contributed by atoms with Gasteiger partial charge in [0.25, 0.3) is 5.91 Å². The molecule has 1 aromatic heterocycles. The second-order valence-electron chi connectivity index (χ2n) is 5.57. The summed E-state index contributed by atoms with van der Waals surface area (Å²) in [6.45, 7) is 0.928. The number of halogens is 1. The van der Waals surface area contributed by atoms with Gasteiger partial charge < -0.3 is 14.6 Å². The smallest absolute Gasteiger partial charge is 0.257 e. The van der Waals surface area contributed by atoms with Gasteiger partial charge in [0.2, 0.25) is 5.91 Å². The average molecular weight is 316 g/mol. The van der Waals surface area contributed by atoms with Crippen LogP contribution in [0.5, 0.6) is 0 Å². The van der Waals surface area contributed by atoms with E-state index in [9.17, 15) is 14.0 Å². The molecular formula is C17H17FN2O3. The van der Waals surface area contributed by atoms with Crippen LogP contribution in [-0.2, 0) is 4.79 Å². The maximum absolute atomic E-state index is 13.6. The zero-order valence-corrected chi connectivity index (χ0v) is 12.5. The first-order valence-electron chi connectivity index (χ1n) is 7.52. The molecule has 1 atom stereocenters. The number of nitrogens with one attached hydrogen (secondary N) is 1. The molecule has 0 spiro atoms. The number of amides is 2. The van der Waals surface area contributed by atoms with Crippen molar-refractivity contribution in [2.45, 2.75) is 12.8 Å². The Morgan fingerprint density at radius 1 is 1.26 bits per heavy atom. The number of nitrogens with zero attached hydrogens (tertiary/aromatic N) is 1. The summed E-state index contributed by atoms with van der Waals surface area (Å²) >= 11 is 0. The molecule has 0 bridgehead atoms. The van der Waals surface area contributed by atoms with Crippen LogP contribution in [0, 0.1) is 11.7 Å². The Labute approximate surface area is 133 Å². The first-order valence-corrected chi connectivity index (χ1v) is 7.52. The van der Waals surface area contributed by atoms with Crippen LogP contribution in [0.2, 0.25) is 0 Å². The molecule has 2 amide bonds. The van der Waals surface area contributed by atoms with Gasteiger partial charge in [-0.2, -0.15) is 0 Å². The van der Waals surface area contributed by atoms with Crippen molar-refractivity contribution in [1.29, 1.82) is 0 Å². The summed E-state index contributed by atoms with van der Waals surface area (Å²) in [4.78, 5) is 26.3. The lowest BCUT2D eigenvalue weighted by atomic mass is 9.96. The number of carbonyl (C=O) groups excluding carboxylic acids is 2. The van der Waals surface area contributed by atoms with Gasteiger partial charge in [-0.25, -0.2) is 4.39 Å². The normalized spacial score (nSPS) is 17.8. The molecule has 3 rings (SSSR count). The van der Waals surface area contributed by atoms with Crippen LogP contribution in [0.4, 0.5) is 10.1 Å². The van der Waals surface area contributed by atoms with E-state index < -0.39 is 5.82 Å². The van der Waals surface area contributed by atoms with Crippen molar-refractivity contribution < 1.29 is 18.4 Å². The summed E-state index contributed by atoms with van der Waals surface area (Å²) in [7, 11) is 0. The third-order valence-electron chi connectivity index (χ3n) is 3.98. The largest absolute Gasteiger partial charge is 0.472 e. The zero-order chi connectivity index (χ0) is 16.2. The van der Waals surface area contributed by atoms with Crippen molar-refractivity contribution in [3.05, 3.63) is 54.2 Å². The summed E-state index contributed by atoms with van der Waals surface area (Å²) in [6, 6.07) is 7.65. The number of furan rings is 1. The van der Waals surface area contributed by atoms with E-state index in [4.69, 9.17) is 4.42 Å². The van der Waals surface area contributed by atoms with Gasteiger partial charge in [-0.15, -0.1) is 0 Å².